The molecule has 6 heteroatoms. The van der Waals surface area contributed by atoms with Gasteiger partial charge in [-0.2, -0.15) is 0 Å². The maximum atomic E-state index is 10.6. The molecule has 2 aliphatic heterocycles. The van der Waals surface area contributed by atoms with Gasteiger partial charge in [0, 0.05) is 12.3 Å². The summed E-state index contributed by atoms with van der Waals surface area (Å²) < 4.78 is 11.2. The molecule has 4 atom stereocenters. The summed E-state index contributed by atoms with van der Waals surface area (Å²) in [6, 6.07) is 5.71. The summed E-state index contributed by atoms with van der Waals surface area (Å²) >= 11 is 0. The summed E-state index contributed by atoms with van der Waals surface area (Å²) in [6.07, 6.45) is 20.8. The number of allylic oxidation sites excluding steroid dienone is 1. The number of ether oxygens (including phenoxy) is 2. The van der Waals surface area contributed by atoms with Gasteiger partial charge >= 0.3 is 0 Å². The summed E-state index contributed by atoms with van der Waals surface area (Å²) in [5, 5.41) is 30.2. The van der Waals surface area contributed by atoms with E-state index in [-0.39, 0.29) is 17.1 Å². The SMILES string of the molecule is CCCCC1C=C[C-](CCc2ccc(O)c(OCC3(C4=C[C+]([C@H](C)CC[C@H](O)[C@H](C)O)C=N4)CCCCC3)c2)[OH+]1. The zero-order valence-electron chi connectivity index (χ0n) is 24.7. The average molecular weight is 553 g/mol. The molecule has 1 unspecified atom stereocenters. The van der Waals surface area contributed by atoms with Gasteiger partial charge in [0.2, 0.25) is 0 Å². The number of unbranched alkanes of at least 4 members (excludes halogenated alkanes) is 1. The van der Waals surface area contributed by atoms with E-state index in [9.17, 15) is 15.3 Å². The number of hydrogen-bond donors (Lipinski definition) is 3. The number of benzene rings is 1. The Bertz CT molecular complexity index is 1030. The minimum atomic E-state index is -0.714. The molecule has 4 N–H and O–H groups in total. The Morgan fingerprint density at radius 1 is 1.18 bits per heavy atom. The molecule has 220 valence electrons. The Morgan fingerprint density at radius 3 is 2.73 bits per heavy atom. The molecule has 1 saturated carbocycles. The molecule has 0 aromatic heterocycles. The van der Waals surface area contributed by atoms with Gasteiger partial charge in [0.15, 0.2) is 17.2 Å². The minimum Gasteiger partial charge on any atom is -0.504 e. The highest BCUT2D eigenvalue weighted by Gasteiger charge is 2.46. The molecule has 0 bridgehead atoms. The highest BCUT2D eigenvalue weighted by atomic mass is 16.5. The van der Waals surface area contributed by atoms with E-state index >= 15 is 0 Å². The van der Waals surface area contributed by atoms with Crippen LogP contribution in [0.1, 0.15) is 97.0 Å². The number of aliphatic hydroxyl groups is 4. The van der Waals surface area contributed by atoms with Crippen LogP contribution in [-0.4, -0.2) is 51.2 Å². The lowest BCUT2D eigenvalue weighted by atomic mass is 9.72. The normalized spacial score (nSPS) is 22.4. The van der Waals surface area contributed by atoms with Crippen molar-refractivity contribution in [2.24, 2.45) is 16.3 Å². The van der Waals surface area contributed by atoms with Gasteiger partial charge in [0.25, 0.3) is 0 Å². The van der Waals surface area contributed by atoms with Crippen molar-refractivity contribution in [1.82, 2.24) is 0 Å². The number of phenols is 1. The van der Waals surface area contributed by atoms with Crippen LogP contribution >= 0.6 is 0 Å². The van der Waals surface area contributed by atoms with Crippen LogP contribution < -0.4 is 4.74 Å². The lowest BCUT2D eigenvalue weighted by molar-refractivity contribution is -0.0480. The molecule has 1 aliphatic carbocycles. The third-order valence-corrected chi connectivity index (χ3v) is 8.93. The van der Waals surface area contributed by atoms with Crippen molar-refractivity contribution in [1.29, 1.82) is 0 Å². The van der Waals surface area contributed by atoms with Gasteiger partial charge in [0.1, 0.15) is 36.3 Å². The maximum Gasteiger partial charge on any atom is 0.184 e. The van der Waals surface area contributed by atoms with Gasteiger partial charge in [-0.3, -0.25) is 0 Å². The van der Waals surface area contributed by atoms with Crippen molar-refractivity contribution in [3.63, 3.8) is 0 Å². The van der Waals surface area contributed by atoms with Crippen molar-refractivity contribution in [2.45, 2.75) is 116 Å². The predicted octanol–water partition coefficient (Wildman–Crippen LogP) is 6.54. The lowest BCUT2D eigenvalue weighted by Gasteiger charge is -2.32. The number of hydrogen-bond acceptors (Lipinski definition) is 5. The Balaban J connectivity index is 1.36. The fraction of sp³-hybridized carbons (Fsp3) is 0.618. The van der Waals surface area contributed by atoms with E-state index in [1.54, 1.807) is 13.0 Å². The summed E-state index contributed by atoms with van der Waals surface area (Å²) in [7, 11) is 0. The molecular formula is C34H50NO5+. The van der Waals surface area contributed by atoms with Crippen LogP contribution in [-0.2, 0) is 6.42 Å². The molecule has 6 nitrogen and oxygen atoms in total. The monoisotopic (exact) mass is 552 g/mol. The first kappa shape index (κ1) is 30.5. The molecule has 1 aromatic rings. The summed E-state index contributed by atoms with van der Waals surface area (Å²) in [4.78, 5) is 4.87. The van der Waals surface area contributed by atoms with Crippen LogP contribution in [0.3, 0.4) is 0 Å². The molecule has 1 fully saturated rings. The van der Waals surface area contributed by atoms with Gasteiger partial charge in [0.05, 0.1) is 18.3 Å². The Labute approximate surface area is 241 Å². The third kappa shape index (κ3) is 8.08. The maximum absolute atomic E-state index is 10.6. The van der Waals surface area contributed by atoms with Gasteiger partial charge < -0.3 is 24.8 Å². The summed E-state index contributed by atoms with van der Waals surface area (Å²) in [5.74, 6) is 2.13. The fourth-order valence-electron chi connectivity index (χ4n) is 6.03. The molecule has 0 spiro atoms. The van der Waals surface area contributed by atoms with Crippen molar-refractivity contribution in [3.05, 3.63) is 59.7 Å². The lowest BCUT2D eigenvalue weighted by Crippen LogP contribution is -2.32. The van der Waals surface area contributed by atoms with Crippen LogP contribution in [0.25, 0.3) is 0 Å². The number of rotatable bonds is 15. The first-order chi connectivity index (χ1) is 19.3. The topological polar surface area (TPSA) is 95.1 Å². The van der Waals surface area contributed by atoms with E-state index in [1.165, 1.54) is 25.2 Å². The molecular weight excluding hydrogens is 502 g/mol. The molecule has 0 radical (unpaired) electrons. The van der Waals surface area contributed by atoms with E-state index in [0.717, 1.165) is 68.7 Å². The second-order valence-electron chi connectivity index (χ2n) is 12.2. The number of aryl methyl sites for hydroxylation is 1. The van der Waals surface area contributed by atoms with Gasteiger partial charge in [-0.25, -0.2) is 0 Å². The number of aliphatic hydroxyl groups excluding tert-OH is 2. The van der Waals surface area contributed by atoms with Crippen molar-refractivity contribution < 1.29 is 24.8 Å². The summed E-state index contributed by atoms with van der Waals surface area (Å²) in [5.41, 5.74) is 2.04. The largest absolute Gasteiger partial charge is 0.504 e. The number of aromatic hydroxyl groups is 1. The first-order valence-corrected chi connectivity index (χ1v) is 15.5. The van der Waals surface area contributed by atoms with Crippen LogP contribution in [0.5, 0.6) is 11.5 Å². The highest BCUT2D eigenvalue weighted by molar-refractivity contribution is 5.83. The quantitative estimate of drug-likeness (QED) is 0.170. The number of phenolic OH excluding ortho intramolecular Hbond substituents is 1. The third-order valence-electron chi connectivity index (χ3n) is 8.93. The zero-order chi connectivity index (χ0) is 28.5. The van der Waals surface area contributed by atoms with Gasteiger partial charge in [-0.1, -0.05) is 38.7 Å². The van der Waals surface area contributed by atoms with Crippen molar-refractivity contribution in [2.75, 3.05) is 6.61 Å². The molecule has 40 heavy (non-hydrogen) atoms. The van der Waals surface area contributed by atoms with Crippen LogP contribution in [0, 0.1) is 23.4 Å². The van der Waals surface area contributed by atoms with E-state index in [1.807, 2.05) is 18.3 Å². The Kier molecular flexibility index (Phi) is 11.1. The highest BCUT2D eigenvalue weighted by Crippen LogP contribution is 2.46. The van der Waals surface area contributed by atoms with E-state index in [4.69, 9.17) is 14.5 Å². The van der Waals surface area contributed by atoms with Crippen molar-refractivity contribution in [3.8, 4) is 11.5 Å². The van der Waals surface area contributed by atoms with Crippen LogP contribution in [0.4, 0.5) is 0 Å². The van der Waals surface area contributed by atoms with Crippen molar-refractivity contribution >= 4 is 6.21 Å². The molecule has 4 rings (SSSR count). The molecule has 3 aliphatic rings. The van der Waals surface area contributed by atoms with Crippen LogP contribution in [0.2, 0.25) is 0 Å². The predicted molar refractivity (Wildman–Crippen MR) is 161 cm³/mol. The first-order valence-electron chi connectivity index (χ1n) is 15.5. The smallest absolute Gasteiger partial charge is 0.184 e. The standard InChI is InChI=1S/C34H49NO5/c1-4-5-9-28-14-15-29(40-28)13-11-26-12-17-31(38)32(20-26)39-23-34(18-7-6-8-19-34)33-21-27(22-35-33)24(2)10-16-30(37)25(3)36/h12,14-15,17,20-22,24-25,28,30,36-37,40H,4-11,13,16,18-19,23H2,1-3H3/p+1/t24-,25+,28?,30+/m1/s1. The molecule has 0 amide bonds. The minimum absolute atomic E-state index is 0.172. The zero-order valence-corrected chi connectivity index (χ0v) is 24.7. The summed E-state index contributed by atoms with van der Waals surface area (Å²) in [6.45, 7) is 6.49. The Hall–Kier alpha value is -2.41. The second kappa shape index (κ2) is 14.5. The van der Waals surface area contributed by atoms with Crippen LogP contribution in [0.15, 0.2) is 47.1 Å². The molecule has 0 saturated heterocycles. The van der Waals surface area contributed by atoms with E-state index in [2.05, 4.69) is 32.1 Å². The molecule has 1 aromatic carbocycles. The van der Waals surface area contributed by atoms with Gasteiger partial charge in [-0.15, -0.1) is 17.1 Å². The average Bonchev–Trinajstić information content (AvgIpc) is 3.64. The fourth-order valence-corrected chi connectivity index (χ4v) is 6.03. The second-order valence-corrected chi connectivity index (χ2v) is 12.2. The van der Waals surface area contributed by atoms with Gasteiger partial charge in [-0.05, 0) is 76.5 Å². The number of nitrogens with zero attached hydrogens (tertiary/aromatic N) is 1. The molecule has 2 heterocycles. The van der Waals surface area contributed by atoms with E-state index < -0.39 is 12.2 Å². The number of aliphatic imine (C=N–C) groups is 1. The van der Waals surface area contributed by atoms with E-state index in [0.29, 0.717) is 24.9 Å². The Morgan fingerprint density at radius 2 is 1.98 bits per heavy atom.